The van der Waals surface area contributed by atoms with Crippen LogP contribution in [0.1, 0.15) is 35.6 Å². The Morgan fingerprint density at radius 3 is 2.44 bits per heavy atom. The molecule has 0 radical (unpaired) electrons. The Labute approximate surface area is 141 Å². The highest BCUT2D eigenvalue weighted by atomic mass is 19.4. The molecule has 0 amide bonds. The number of alkyl halides is 3. The summed E-state index contributed by atoms with van der Waals surface area (Å²) in [5.41, 5.74) is -0.998. The molecule has 1 aromatic heterocycles. The molecule has 1 heterocycles. The average Bonchev–Trinajstić information content (AvgIpc) is 2.52. The Morgan fingerprint density at radius 2 is 1.92 bits per heavy atom. The first-order chi connectivity index (χ1) is 11.6. The number of halogens is 4. The number of hydrogen-bond acceptors (Lipinski definition) is 3. The minimum atomic E-state index is -4.56. The van der Waals surface area contributed by atoms with E-state index in [1.807, 2.05) is 0 Å². The quantitative estimate of drug-likeness (QED) is 0.809. The lowest BCUT2D eigenvalue weighted by Crippen LogP contribution is -2.31. The number of anilines is 1. The van der Waals surface area contributed by atoms with Crippen molar-refractivity contribution in [1.29, 1.82) is 0 Å². The summed E-state index contributed by atoms with van der Waals surface area (Å²) in [5.74, 6) is -2.03. The SMILES string of the molecule is CC(C)N(Cc1cccc(C(F)(F)F)n1)c1ccc(C(=O)O)cc1F. The summed E-state index contributed by atoms with van der Waals surface area (Å²) in [5, 5.41) is 8.89. The van der Waals surface area contributed by atoms with Crippen molar-refractivity contribution in [2.75, 3.05) is 4.90 Å². The van der Waals surface area contributed by atoms with Gasteiger partial charge in [-0.25, -0.2) is 14.2 Å². The fraction of sp³-hybridized carbons (Fsp3) is 0.294. The first-order valence-electron chi connectivity index (χ1n) is 7.42. The molecule has 0 aliphatic carbocycles. The van der Waals surface area contributed by atoms with Crippen molar-refractivity contribution in [1.82, 2.24) is 4.98 Å². The molecule has 1 N–H and O–H groups in total. The van der Waals surface area contributed by atoms with Crippen LogP contribution in [-0.4, -0.2) is 22.1 Å². The van der Waals surface area contributed by atoms with Crippen LogP contribution in [0.3, 0.4) is 0 Å². The van der Waals surface area contributed by atoms with E-state index in [1.54, 1.807) is 13.8 Å². The van der Waals surface area contributed by atoms with Crippen LogP contribution in [0, 0.1) is 5.82 Å². The molecule has 2 aromatic rings. The van der Waals surface area contributed by atoms with Crippen LogP contribution < -0.4 is 4.90 Å². The lowest BCUT2D eigenvalue weighted by Gasteiger charge is -2.29. The second-order valence-corrected chi connectivity index (χ2v) is 5.70. The van der Waals surface area contributed by atoms with Gasteiger partial charge in [0.05, 0.1) is 23.5 Å². The summed E-state index contributed by atoms with van der Waals surface area (Å²) in [7, 11) is 0. The standard InChI is InChI=1S/C17H16F4N2O2/c1-10(2)23(14-7-6-11(16(24)25)8-13(14)18)9-12-4-3-5-15(22-12)17(19,20)21/h3-8,10H,9H2,1-2H3,(H,24,25). The maximum atomic E-state index is 14.3. The van der Waals surface area contributed by atoms with Gasteiger partial charge in [0.25, 0.3) is 0 Å². The molecule has 25 heavy (non-hydrogen) atoms. The molecular weight excluding hydrogens is 340 g/mol. The molecule has 0 unspecified atom stereocenters. The number of carbonyl (C=O) groups is 1. The van der Waals surface area contributed by atoms with Crippen molar-refractivity contribution < 1.29 is 27.5 Å². The van der Waals surface area contributed by atoms with Gasteiger partial charge < -0.3 is 10.0 Å². The van der Waals surface area contributed by atoms with Crippen LogP contribution in [0.25, 0.3) is 0 Å². The second kappa shape index (κ2) is 7.08. The van der Waals surface area contributed by atoms with Crippen LogP contribution in [0.15, 0.2) is 36.4 Å². The van der Waals surface area contributed by atoms with Gasteiger partial charge in [-0.15, -0.1) is 0 Å². The highest BCUT2D eigenvalue weighted by molar-refractivity contribution is 5.88. The maximum Gasteiger partial charge on any atom is 0.433 e. The van der Waals surface area contributed by atoms with E-state index in [0.717, 1.165) is 12.1 Å². The normalized spacial score (nSPS) is 11.6. The Morgan fingerprint density at radius 1 is 1.24 bits per heavy atom. The Balaban J connectivity index is 2.36. The van der Waals surface area contributed by atoms with Crippen molar-refractivity contribution in [2.24, 2.45) is 0 Å². The number of rotatable bonds is 5. The Hall–Kier alpha value is -2.64. The first kappa shape index (κ1) is 18.7. The van der Waals surface area contributed by atoms with E-state index in [1.165, 1.54) is 29.2 Å². The molecule has 0 saturated carbocycles. The highest BCUT2D eigenvalue weighted by Crippen LogP contribution is 2.29. The molecule has 0 bridgehead atoms. The molecule has 0 aliphatic heterocycles. The van der Waals surface area contributed by atoms with Gasteiger partial charge in [-0.3, -0.25) is 0 Å². The number of aromatic nitrogens is 1. The number of nitrogens with zero attached hydrogens (tertiary/aromatic N) is 2. The van der Waals surface area contributed by atoms with Crippen LogP contribution >= 0.6 is 0 Å². The third-order valence-electron chi connectivity index (χ3n) is 3.56. The largest absolute Gasteiger partial charge is 0.478 e. The topological polar surface area (TPSA) is 53.4 Å². The van der Waals surface area contributed by atoms with Gasteiger partial charge in [0.15, 0.2) is 0 Å². The van der Waals surface area contributed by atoms with Gasteiger partial charge in [0, 0.05) is 6.04 Å². The summed E-state index contributed by atoms with van der Waals surface area (Å²) in [6, 6.07) is 6.71. The zero-order chi connectivity index (χ0) is 18.8. The lowest BCUT2D eigenvalue weighted by atomic mass is 10.1. The number of carboxylic acids is 1. The Bertz CT molecular complexity index is 775. The molecule has 0 saturated heterocycles. The van der Waals surface area contributed by atoms with Crippen LogP contribution in [-0.2, 0) is 12.7 Å². The van der Waals surface area contributed by atoms with E-state index in [0.29, 0.717) is 0 Å². The molecule has 134 valence electrons. The maximum absolute atomic E-state index is 14.3. The monoisotopic (exact) mass is 356 g/mol. The summed E-state index contributed by atoms with van der Waals surface area (Å²) >= 11 is 0. The van der Waals surface area contributed by atoms with E-state index < -0.39 is 23.7 Å². The van der Waals surface area contributed by atoms with Crippen molar-refractivity contribution in [3.63, 3.8) is 0 Å². The summed E-state index contributed by atoms with van der Waals surface area (Å²) in [6.45, 7) is 3.45. The van der Waals surface area contributed by atoms with Crippen molar-refractivity contribution in [3.8, 4) is 0 Å². The van der Waals surface area contributed by atoms with E-state index >= 15 is 0 Å². The van der Waals surface area contributed by atoms with Crippen molar-refractivity contribution in [3.05, 3.63) is 59.2 Å². The van der Waals surface area contributed by atoms with Crippen LogP contribution in [0.5, 0.6) is 0 Å². The van der Waals surface area contributed by atoms with E-state index in [9.17, 15) is 22.4 Å². The minimum absolute atomic E-state index is 0.0507. The van der Waals surface area contributed by atoms with E-state index in [4.69, 9.17) is 5.11 Å². The average molecular weight is 356 g/mol. The van der Waals surface area contributed by atoms with Gasteiger partial charge in [0.1, 0.15) is 11.5 Å². The first-order valence-corrected chi connectivity index (χ1v) is 7.42. The van der Waals surface area contributed by atoms with Gasteiger partial charge in [-0.1, -0.05) is 6.07 Å². The zero-order valence-electron chi connectivity index (χ0n) is 13.5. The van der Waals surface area contributed by atoms with E-state index in [-0.39, 0.29) is 29.5 Å². The lowest BCUT2D eigenvalue weighted by molar-refractivity contribution is -0.141. The highest BCUT2D eigenvalue weighted by Gasteiger charge is 2.32. The molecule has 1 aromatic carbocycles. The van der Waals surface area contributed by atoms with Crippen molar-refractivity contribution >= 4 is 11.7 Å². The zero-order valence-corrected chi connectivity index (χ0v) is 13.5. The smallest absolute Gasteiger partial charge is 0.433 e. The molecule has 0 fully saturated rings. The predicted molar refractivity (Wildman–Crippen MR) is 83.9 cm³/mol. The predicted octanol–water partition coefficient (Wildman–Crippen LogP) is 4.35. The fourth-order valence-electron chi connectivity index (χ4n) is 2.32. The number of benzene rings is 1. The van der Waals surface area contributed by atoms with Gasteiger partial charge in [0.2, 0.25) is 0 Å². The summed E-state index contributed by atoms with van der Waals surface area (Å²) < 4.78 is 52.6. The molecule has 2 rings (SSSR count). The van der Waals surface area contributed by atoms with Crippen LogP contribution in [0.2, 0.25) is 0 Å². The fourth-order valence-corrected chi connectivity index (χ4v) is 2.32. The molecule has 0 aliphatic rings. The summed E-state index contributed by atoms with van der Waals surface area (Å²) in [6.07, 6.45) is -4.56. The molecule has 4 nitrogen and oxygen atoms in total. The van der Waals surface area contributed by atoms with Gasteiger partial charge in [-0.05, 0) is 44.2 Å². The number of hydrogen-bond donors (Lipinski definition) is 1. The molecule has 8 heteroatoms. The third-order valence-corrected chi connectivity index (χ3v) is 3.56. The summed E-state index contributed by atoms with van der Waals surface area (Å²) in [4.78, 5) is 16.0. The second-order valence-electron chi connectivity index (χ2n) is 5.70. The minimum Gasteiger partial charge on any atom is -0.478 e. The number of carboxylic acid groups (broad SMARTS) is 1. The van der Waals surface area contributed by atoms with Crippen molar-refractivity contribution in [2.45, 2.75) is 32.6 Å². The third kappa shape index (κ3) is 4.46. The van der Waals surface area contributed by atoms with E-state index in [2.05, 4.69) is 4.98 Å². The number of aromatic carboxylic acids is 1. The van der Waals surface area contributed by atoms with Gasteiger partial charge in [-0.2, -0.15) is 13.2 Å². The number of pyridine rings is 1. The molecule has 0 atom stereocenters. The Kier molecular flexibility index (Phi) is 5.30. The molecule has 0 spiro atoms. The van der Waals surface area contributed by atoms with Crippen LogP contribution in [0.4, 0.5) is 23.2 Å². The van der Waals surface area contributed by atoms with Gasteiger partial charge >= 0.3 is 12.1 Å². The molecular formula is C17H16F4N2O2.